The monoisotopic (exact) mass is 827 g/mol. The predicted molar refractivity (Wildman–Crippen MR) is 199 cm³/mol. The molecule has 0 spiro atoms. The third kappa shape index (κ3) is 8.29. The van der Waals surface area contributed by atoms with Crippen molar-refractivity contribution in [3.05, 3.63) is 86.7 Å². The zero-order valence-corrected chi connectivity index (χ0v) is 32.1. The van der Waals surface area contributed by atoms with E-state index in [1.807, 2.05) is 11.6 Å². The van der Waals surface area contributed by atoms with Gasteiger partial charge in [-0.2, -0.15) is 15.1 Å². The Kier molecular flexibility index (Phi) is 10.5. The van der Waals surface area contributed by atoms with Crippen LogP contribution >= 0.6 is 39.1 Å². The molecule has 2 bridgehead atoms. The molecule has 2 aromatic carbocycles. The maximum atomic E-state index is 13.8. The number of halogens is 5. The van der Waals surface area contributed by atoms with E-state index in [9.17, 15) is 8.78 Å². The summed E-state index contributed by atoms with van der Waals surface area (Å²) in [5.74, 6) is 3.36. The second-order valence-corrected chi connectivity index (χ2v) is 15.9. The molecule has 1 saturated heterocycles. The molecule has 11 nitrogen and oxygen atoms in total. The average Bonchev–Trinajstić information content (AvgIpc) is 3.65. The molecule has 3 saturated carbocycles. The number of hydrogen-bond acceptors (Lipinski definition) is 9. The molecular weight excluding hydrogens is 791 g/mol. The molecule has 9 rings (SSSR count). The summed E-state index contributed by atoms with van der Waals surface area (Å²) in [6.45, 7) is 4.02. The van der Waals surface area contributed by atoms with Gasteiger partial charge in [0.25, 0.3) is 0 Å². The van der Waals surface area contributed by atoms with Crippen molar-refractivity contribution < 1.29 is 18.3 Å². The van der Waals surface area contributed by atoms with Gasteiger partial charge in [0.1, 0.15) is 35.3 Å². The predicted octanol–water partition coefficient (Wildman–Crippen LogP) is 9.74. The van der Waals surface area contributed by atoms with Crippen LogP contribution in [0.1, 0.15) is 75.0 Å². The zero-order valence-electron chi connectivity index (χ0n) is 29.0. The molecule has 1 aliphatic heterocycles. The molecule has 3 aromatic heterocycles. The van der Waals surface area contributed by atoms with E-state index >= 15 is 0 Å². The van der Waals surface area contributed by atoms with Gasteiger partial charge < -0.3 is 14.4 Å². The quantitative estimate of drug-likeness (QED) is 0.144. The normalized spacial score (nSPS) is 21.1. The lowest BCUT2D eigenvalue weighted by molar-refractivity contribution is 0.252. The van der Waals surface area contributed by atoms with Crippen LogP contribution in [0.5, 0.6) is 23.5 Å². The summed E-state index contributed by atoms with van der Waals surface area (Å²) in [7, 11) is 0. The van der Waals surface area contributed by atoms with Crippen molar-refractivity contribution >= 4 is 44.9 Å². The van der Waals surface area contributed by atoms with Gasteiger partial charge in [0.2, 0.25) is 4.73 Å². The van der Waals surface area contributed by atoms with Crippen LogP contribution in [0, 0.1) is 36.3 Å². The van der Waals surface area contributed by atoms with E-state index in [4.69, 9.17) is 42.8 Å². The third-order valence-corrected chi connectivity index (χ3v) is 11.5. The maximum absolute atomic E-state index is 13.8. The molecule has 3 atom stereocenters. The van der Waals surface area contributed by atoms with Crippen LogP contribution in [-0.4, -0.2) is 52.6 Å². The second kappa shape index (κ2) is 15.5. The van der Waals surface area contributed by atoms with Crippen molar-refractivity contribution in [2.75, 3.05) is 18.0 Å². The fourth-order valence-corrected chi connectivity index (χ4v) is 8.41. The van der Waals surface area contributed by atoms with E-state index in [-0.39, 0.29) is 5.02 Å². The van der Waals surface area contributed by atoms with Crippen LogP contribution in [0.3, 0.4) is 0 Å². The Morgan fingerprint density at radius 2 is 1.30 bits per heavy atom. The largest absolute Gasteiger partial charge is 0.424 e. The van der Waals surface area contributed by atoms with Gasteiger partial charge in [-0.15, -0.1) is 5.10 Å². The van der Waals surface area contributed by atoms with Gasteiger partial charge in [0.05, 0.1) is 12.1 Å². The van der Waals surface area contributed by atoms with Crippen LogP contribution in [0.4, 0.5) is 14.6 Å². The first-order valence-corrected chi connectivity index (χ1v) is 19.6. The van der Waals surface area contributed by atoms with E-state index in [1.165, 1.54) is 49.9 Å². The average molecular weight is 830 g/mol. The number of aryl methyl sites for hydroxylation is 1. The van der Waals surface area contributed by atoms with Gasteiger partial charge in [-0.25, -0.2) is 28.1 Å². The molecule has 4 fully saturated rings. The highest BCUT2D eigenvalue weighted by Crippen LogP contribution is 2.45. The topological polar surface area (TPSA) is 109 Å². The summed E-state index contributed by atoms with van der Waals surface area (Å²) in [5, 5.41) is 9.70. The van der Waals surface area contributed by atoms with Crippen molar-refractivity contribution in [3.63, 3.8) is 0 Å². The van der Waals surface area contributed by atoms with Crippen LogP contribution in [-0.2, 0) is 6.42 Å². The van der Waals surface area contributed by atoms with Gasteiger partial charge in [0.15, 0.2) is 5.82 Å². The molecular formula is C37H38BrCl2F2N9O2. The van der Waals surface area contributed by atoms with E-state index in [1.54, 1.807) is 23.1 Å². The number of piperidine rings is 1. The van der Waals surface area contributed by atoms with Gasteiger partial charge in [-0.3, -0.25) is 0 Å². The van der Waals surface area contributed by atoms with Crippen molar-refractivity contribution in [1.82, 2.24) is 39.5 Å². The molecule has 4 aliphatic rings. The van der Waals surface area contributed by atoms with E-state index < -0.39 is 11.6 Å². The third-order valence-electron chi connectivity index (χ3n) is 10.7. The fraction of sp³-hybridized carbons (Fsp3) is 0.459. The molecule has 0 amide bonds. The van der Waals surface area contributed by atoms with Crippen LogP contribution in [0.15, 0.2) is 53.5 Å². The van der Waals surface area contributed by atoms with Gasteiger partial charge >= 0.3 is 12.0 Å². The van der Waals surface area contributed by atoms with Crippen LogP contribution < -0.4 is 14.4 Å². The molecule has 5 aromatic rings. The Labute approximate surface area is 324 Å². The molecule has 4 heterocycles. The highest BCUT2D eigenvalue weighted by Gasteiger charge is 2.43. The number of aromatic nitrogens is 8. The summed E-state index contributed by atoms with van der Waals surface area (Å²) < 4.78 is 42.8. The first-order valence-electron chi connectivity index (χ1n) is 18.0. The highest BCUT2D eigenvalue weighted by atomic mass is 79.9. The van der Waals surface area contributed by atoms with E-state index in [2.05, 4.69) is 46.9 Å². The molecule has 278 valence electrons. The minimum Gasteiger partial charge on any atom is -0.424 e. The Bertz CT molecular complexity index is 2040. The molecule has 16 heteroatoms. The molecule has 0 radical (unpaired) electrons. The maximum Gasteiger partial charge on any atom is 0.321 e. The van der Waals surface area contributed by atoms with Crippen molar-refractivity contribution in [2.45, 2.75) is 76.8 Å². The highest BCUT2D eigenvalue weighted by molar-refractivity contribution is 9.10. The minimum atomic E-state index is -0.448. The number of fused-ring (bicyclic) bond motifs is 2. The summed E-state index contributed by atoms with van der Waals surface area (Å²) in [6.07, 6.45) is 11.5. The van der Waals surface area contributed by atoms with Crippen LogP contribution in [0.25, 0.3) is 0 Å². The standard InChI is InChI=1S/C25H28ClFN6O.C12H10BrClFN3O/c1-15-7-24(29-14-28-15)32-12-16-5-6-17(13-32)22(16)11-23-30-25(33(31-23)20-3-2-4-20)34-21-9-18(26)8-19(27)10-21;13-11-16-12(18(17-11)9-2-1-3-9)19-10-5-7(14)4-8(15)6-10/h7-10,14,16-17,20,22H,2-6,11-13H2,1H3;4-6,9H,1-3H2/t16-,17+,22?;. The van der Waals surface area contributed by atoms with Gasteiger partial charge in [-0.1, -0.05) is 23.2 Å². The summed E-state index contributed by atoms with van der Waals surface area (Å²) in [5.41, 5.74) is 0.998. The number of benzene rings is 2. The second-order valence-electron chi connectivity index (χ2n) is 14.3. The van der Waals surface area contributed by atoms with E-state index in [0.717, 1.165) is 62.5 Å². The lowest BCUT2D eigenvalue weighted by atomic mass is 9.82. The Balaban J connectivity index is 0.000000178. The number of hydrogen-bond donors (Lipinski definition) is 0. The minimum absolute atomic E-state index is 0.281. The number of nitrogens with zero attached hydrogens (tertiary/aromatic N) is 9. The first kappa shape index (κ1) is 36.1. The van der Waals surface area contributed by atoms with Gasteiger partial charge in [-0.05, 0) is 116 Å². The SMILES string of the molecule is Cc1cc(N2C[C@H]3CC[C@@H](C2)C3Cc2nc(Oc3cc(F)cc(Cl)c3)n(C3CCC3)n2)ncn1.Fc1cc(Cl)cc(Oc2nc(Br)nn2C2CCC2)c1. The molecule has 53 heavy (non-hydrogen) atoms. The lowest BCUT2D eigenvalue weighted by Crippen LogP contribution is -2.43. The summed E-state index contributed by atoms with van der Waals surface area (Å²) in [4.78, 5) is 20.1. The summed E-state index contributed by atoms with van der Waals surface area (Å²) in [6, 6.07) is 11.7. The number of rotatable bonds is 9. The Hall–Kier alpha value is -3.88. The lowest BCUT2D eigenvalue weighted by Gasteiger charge is -2.38. The first-order chi connectivity index (χ1) is 25.6. The fourth-order valence-electron chi connectivity index (χ4n) is 7.66. The molecule has 3 aliphatic carbocycles. The van der Waals surface area contributed by atoms with Crippen LogP contribution in [0.2, 0.25) is 10.0 Å². The number of ether oxygens (including phenoxy) is 2. The zero-order chi connectivity index (χ0) is 36.6. The summed E-state index contributed by atoms with van der Waals surface area (Å²) >= 11 is 15.0. The smallest absolute Gasteiger partial charge is 0.321 e. The Morgan fingerprint density at radius 3 is 1.83 bits per heavy atom. The van der Waals surface area contributed by atoms with Crippen molar-refractivity contribution in [2.24, 2.45) is 17.8 Å². The molecule has 0 N–H and O–H groups in total. The number of anilines is 1. The molecule has 1 unspecified atom stereocenters. The van der Waals surface area contributed by atoms with E-state index in [0.29, 0.717) is 63.1 Å². The Morgan fingerprint density at radius 1 is 0.736 bits per heavy atom. The van der Waals surface area contributed by atoms with Gasteiger partial charge in [0, 0.05) is 53.4 Å². The van der Waals surface area contributed by atoms with Crippen molar-refractivity contribution in [1.29, 1.82) is 0 Å². The van der Waals surface area contributed by atoms with Crippen molar-refractivity contribution in [3.8, 4) is 23.5 Å².